The molecule has 2 nitrogen and oxygen atoms in total. The largest absolute Gasteiger partial charge is 0.383 e. The van der Waals surface area contributed by atoms with Crippen LogP contribution in [0.5, 0.6) is 0 Å². The van der Waals surface area contributed by atoms with Crippen LogP contribution in [-0.2, 0) is 9.53 Å². The molecule has 1 aliphatic carbocycles. The van der Waals surface area contributed by atoms with Crippen LogP contribution >= 0.6 is 0 Å². The third-order valence-electron chi connectivity index (χ3n) is 3.36. The molecule has 0 amide bonds. The van der Waals surface area contributed by atoms with Crippen molar-refractivity contribution in [1.82, 2.24) is 0 Å². The van der Waals surface area contributed by atoms with E-state index in [1.165, 1.54) is 0 Å². The number of carbonyl (C=O) groups excluding carboxylic acids is 1. The molecular formula is C14H22O2. The van der Waals surface area contributed by atoms with Gasteiger partial charge in [0.15, 0.2) is 0 Å². The zero-order valence-electron chi connectivity index (χ0n) is 11.0. The molecule has 0 bridgehead atoms. The van der Waals surface area contributed by atoms with Crippen LogP contribution in [0.1, 0.15) is 34.1 Å². The minimum atomic E-state index is -0.487. The maximum Gasteiger partial charge on any atom is 0.149 e. The molecule has 16 heavy (non-hydrogen) atoms. The first kappa shape index (κ1) is 13.2. The zero-order chi connectivity index (χ0) is 12.3. The van der Waals surface area contributed by atoms with Gasteiger partial charge < -0.3 is 4.74 Å². The second kappa shape index (κ2) is 4.96. The monoisotopic (exact) mass is 222 g/mol. The summed E-state index contributed by atoms with van der Waals surface area (Å²) in [5.74, 6) is 0.673. The van der Waals surface area contributed by atoms with E-state index in [0.717, 1.165) is 11.1 Å². The van der Waals surface area contributed by atoms with Gasteiger partial charge in [-0.1, -0.05) is 37.1 Å². The number of allylic oxidation sites excluding steroid dienone is 2. The summed E-state index contributed by atoms with van der Waals surface area (Å²) in [5.41, 5.74) is 1.73. The number of hydrogen-bond acceptors (Lipinski definition) is 2. The Labute approximate surface area is 98.4 Å². The van der Waals surface area contributed by atoms with Gasteiger partial charge >= 0.3 is 0 Å². The Morgan fingerprint density at radius 2 is 1.81 bits per heavy atom. The molecule has 0 aromatic rings. The molecule has 0 aliphatic heterocycles. The number of Topliss-reactive ketones (excluding diaryl/α,β-unsaturated/α-hetero) is 1. The van der Waals surface area contributed by atoms with Crippen LogP contribution in [0.15, 0.2) is 23.3 Å². The fourth-order valence-electron chi connectivity index (χ4n) is 2.36. The van der Waals surface area contributed by atoms with E-state index in [2.05, 4.69) is 13.8 Å². The average molecular weight is 222 g/mol. The van der Waals surface area contributed by atoms with Crippen LogP contribution in [-0.4, -0.2) is 19.5 Å². The Hall–Kier alpha value is -0.890. The highest BCUT2D eigenvalue weighted by molar-refractivity contribution is 5.92. The first-order valence-corrected chi connectivity index (χ1v) is 5.83. The van der Waals surface area contributed by atoms with Crippen LogP contribution in [0, 0.1) is 11.3 Å². The lowest BCUT2D eigenvalue weighted by Gasteiger charge is -2.31. The van der Waals surface area contributed by atoms with Crippen molar-refractivity contribution < 1.29 is 9.53 Å². The van der Waals surface area contributed by atoms with E-state index < -0.39 is 5.41 Å². The van der Waals surface area contributed by atoms with Gasteiger partial charge in [0.2, 0.25) is 0 Å². The van der Waals surface area contributed by atoms with Gasteiger partial charge in [0, 0.05) is 13.5 Å². The van der Waals surface area contributed by atoms with Crippen molar-refractivity contribution in [3.05, 3.63) is 23.3 Å². The third-order valence-corrected chi connectivity index (χ3v) is 3.36. The Balaban J connectivity index is 3.02. The Morgan fingerprint density at radius 3 is 2.19 bits per heavy atom. The SMILES string of the molecule is COCC1(C(=O)CC(C)C)C(C)=CC=C1C. The van der Waals surface area contributed by atoms with Crippen molar-refractivity contribution in [3.8, 4) is 0 Å². The highest BCUT2D eigenvalue weighted by Crippen LogP contribution is 2.42. The number of ether oxygens (including phenoxy) is 1. The maximum absolute atomic E-state index is 12.4. The van der Waals surface area contributed by atoms with Crippen molar-refractivity contribution in [2.24, 2.45) is 11.3 Å². The first-order valence-electron chi connectivity index (χ1n) is 5.83. The van der Waals surface area contributed by atoms with Gasteiger partial charge in [0.25, 0.3) is 0 Å². The van der Waals surface area contributed by atoms with E-state index in [0.29, 0.717) is 18.9 Å². The first-order chi connectivity index (χ1) is 7.45. The van der Waals surface area contributed by atoms with Gasteiger partial charge in [-0.15, -0.1) is 0 Å². The Morgan fingerprint density at radius 1 is 1.31 bits per heavy atom. The molecule has 0 aromatic carbocycles. The molecule has 0 fully saturated rings. The minimum Gasteiger partial charge on any atom is -0.383 e. The molecule has 1 rings (SSSR count). The number of ketones is 1. The van der Waals surface area contributed by atoms with Gasteiger partial charge in [-0.2, -0.15) is 0 Å². The van der Waals surface area contributed by atoms with E-state index in [1.807, 2.05) is 26.0 Å². The van der Waals surface area contributed by atoms with Crippen molar-refractivity contribution in [2.45, 2.75) is 34.1 Å². The summed E-state index contributed by atoms with van der Waals surface area (Å²) in [7, 11) is 1.66. The van der Waals surface area contributed by atoms with E-state index >= 15 is 0 Å². The molecule has 90 valence electrons. The lowest BCUT2D eigenvalue weighted by atomic mass is 9.73. The molecule has 0 N–H and O–H groups in total. The van der Waals surface area contributed by atoms with Crippen LogP contribution < -0.4 is 0 Å². The van der Waals surface area contributed by atoms with E-state index in [9.17, 15) is 4.79 Å². The molecule has 0 unspecified atom stereocenters. The lowest BCUT2D eigenvalue weighted by Crippen LogP contribution is -2.37. The molecule has 0 aromatic heterocycles. The van der Waals surface area contributed by atoms with E-state index in [4.69, 9.17) is 4.74 Å². The van der Waals surface area contributed by atoms with Gasteiger partial charge in [-0.3, -0.25) is 4.79 Å². The van der Waals surface area contributed by atoms with Gasteiger partial charge in [0.1, 0.15) is 5.78 Å². The highest BCUT2D eigenvalue weighted by atomic mass is 16.5. The Bertz CT molecular complexity index is 317. The van der Waals surface area contributed by atoms with Crippen LogP contribution in [0.2, 0.25) is 0 Å². The number of hydrogen-bond donors (Lipinski definition) is 0. The summed E-state index contributed by atoms with van der Waals surface area (Å²) >= 11 is 0. The Kier molecular flexibility index (Phi) is 4.09. The number of methoxy groups -OCH3 is 1. The fourth-order valence-corrected chi connectivity index (χ4v) is 2.36. The predicted molar refractivity (Wildman–Crippen MR) is 66.3 cm³/mol. The molecule has 2 heteroatoms. The summed E-state index contributed by atoms with van der Waals surface area (Å²) in [5, 5.41) is 0. The topological polar surface area (TPSA) is 26.3 Å². The normalized spacial score (nSPS) is 18.6. The zero-order valence-corrected chi connectivity index (χ0v) is 11.0. The highest BCUT2D eigenvalue weighted by Gasteiger charge is 2.43. The van der Waals surface area contributed by atoms with Crippen molar-refractivity contribution in [1.29, 1.82) is 0 Å². The van der Waals surface area contributed by atoms with E-state index in [1.54, 1.807) is 7.11 Å². The maximum atomic E-state index is 12.4. The molecule has 0 saturated heterocycles. The van der Waals surface area contributed by atoms with Crippen LogP contribution in [0.4, 0.5) is 0 Å². The van der Waals surface area contributed by atoms with Crippen LogP contribution in [0.25, 0.3) is 0 Å². The summed E-state index contributed by atoms with van der Waals surface area (Å²) in [6.07, 6.45) is 4.68. The molecule has 0 atom stereocenters. The molecule has 0 radical (unpaired) electrons. The van der Waals surface area contributed by atoms with Crippen molar-refractivity contribution in [2.75, 3.05) is 13.7 Å². The smallest absolute Gasteiger partial charge is 0.149 e. The summed E-state index contributed by atoms with van der Waals surface area (Å²) in [6, 6.07) is 0. The fraction of sp³-hybridized carbons (Fsp3) is 0.643. The molecule has 0 saturated carbocycles. The summed E-state index contributed by atoms with van der Waals surface area (Å²) in [6.45, 7) is 8.65. The number of rotatable bonds is 5. The quantitative estimate of drug-likeness (QED) is 0.714. The van der Waals surface area contributed by atoms with Gasteiger partial charge in [-0.25, -0.2) is 0 Å². The van der Waals surface area contributed by atoms with Crippen molar-refractivity contribution in [3.63, 3.8) is 0 Å². The molecule has 1 aliphatic rings. The second-order valence-electron chi connectivity index (χ2n) is 5.06. The number of carbonyl (C=O) groups is 1. The molecule has 0 heterocycles. The average Bonchev–Trinajstić information content (AvgIpc) is 2.46. The predicted octanol–water partition coefficient (Wildman–Crippen LogP) is 3.14. The minimum absolute atomic E-state index is 0.282. The lowest BCUT2D eigenvalue weighted by molar-refractivity contribution is -0.128. The summed E-state index contributed by atoms with van der Waals surface area (Å²) in [4.78, 5) is 12.4. The summed E-state index contributed by atoms with van der Waals surface area (Å²) < 4.78 is 5.27. The molecule has 0 spiro atoms. The van der Waals surface area contributed by atoms with Crippen LogP contribution in [0.3, 0.4) is 0 Å². The third kappa shape index (κ3) is 2.12. The van der Waals surface area contributed by atoms with Gasteiger partial charge in [0.05, 0.1) is 12.0 Å². The second-order valence-corrected chi connectivity index (χ2v) is 5.06. The standard InChI is InChI=1S/C14H22O2/c1-10(2)8-13(15)14(9-16-5)11(3)6-7-12(14)4/h6-7,10H,8-9H2,1-5H3. The van der Waals surface area contributed by atoms with Gasteiger partial charge in [-0.05, 0) is 19.8 Å². The molecular weight excluding hydrogens is 200 g/mol. The van der Waals surface area contributed by atoms with Crippen molar-refractivity contribution >= 4 is 5.78 Å². The van der Waals surface area contributed by atoms with E-state index in [-0.39, 0.29) is 5.78 Å².